The minimum absolute atomic E-state index is 0.000930. The quantitative estimate of drug-likeness (QED) is 0.821. The lowest BCUT2D eigenvalue weighted by Gasteiger charge is -2.07. The summed E-state index contributed by atoms with van der Waals surface area (Å²) in [6, 6.07) is 4.00. The summed E-state index contributed by atoms with van der Waals surface area (Å²) in [5.74, 6) is 0.785. The summed E-state index contributed by atoms with van der Waals surface area (Å²) < 4.78 is 5.66. The number of fused-ring (bicyclic) bond motifs is 3. The molecule has 0 radical (unpaired) electrons. The lowest BCUT2D eigenvalue weighted by Crippen LogP contribution is -1.99. The fourth-order valence-corrected chi connectivity index (χ4v) is 2.82. The molecule has 1 N–H and O–H groups in total. The molecule has 82 valence electrons. The number of ether oxygens (including phenoxy) is 1. The lowest BCUT2D eigenvalue weighted by molar-refractivity contribution is 0.279. The Labute approximate surface area is 97.3 Å². The van der Waals surface area contributed by atoms with Gasteiger partial charge in [-0.2, -0.15) is 0 Å². The van der Waals surface area contributed by atoms with Crippen molar-refractivity contribution in [1.82, 2.24) is 4.98 Å². The molecule has 0 aromatic carbocycles. The zero-order valence-electron chi connectivity index (χ0n) is 8.64. The molecule has 0 fully saturated rings. The zero-order valence-corrected chi connectivity index (χ0v) is 9.46. The Morgan fingerprint density at radius 3 is 3.31 bits per heavy atom. The van der Waals surface area contributed by atoms with Crippen LogP contribution in [-0.4, -0.2) is 16.7 Å². The van der Waals surface area contributed by atoms with Crippen molar-refractivity contribution in [2.45, 2.75) is 13.0 Å². The van der Waals surface area contributed by atoms with Gasteiger partial charge < -0.3 is 9.84 Å². The third kappa shape index (κ3) is 1.50. The van der Waals surface area contributed by atoms with Gasteiger partial charge in [0.1, 0.15) is 11.4 Å². The van der Waals surface area contributed by atoms with Gasteiger partial charge in [0, 0.05) is 12.6 Å². The van der Waals surface area contributed by atoms with Crippen LogP contribution < -0.4 is 4.74 Å². The van der Waals surface area contributed by atoms with Crippen molar-refractivity contribution in [3.63, 3.8) is 0 Å². The first kappa shape index (κ1) is 9.81. The molecule has 2 aromatic heterocycles. The highest BCUT2D eigenvalue weighted by atomic mass is 32.1. The molecule has 0 aliphatic carbocycles. The SMILES string of the molecule is OCc1cnc2c(c1)OCCc1ccsc1-2. The summed E-state index contributed by atoms with van der Waals surface area (Å²) >= 11 is 1.69. The molecule has 2 aromatic rings. The van der Waals surface area contributed by atoms with E-state index >= 15 is 0 Å². The van der Waals surface area contributed by atoms with Crippen molar-refractivity contribution in [2.24, 2.45) is 0 Å². The smallest absolute Gasteiger partial charge is 0.146 e. The average Bonchev–Trinajstić information content (AvgIpc) is 2.71. The highest BCUT2D eigenvalue weighted by Gasteiger charge is 2.18. The highest BCUT2D eigenvalue weighted by molar-refractivity contribution is 7.13. The van der Waals surface area contributed by atoms with E-state index in [1.807, 2.05) is 6.07 Å². The summed E-state index contributed by atoms with van der Waals surface area (Å²) in [7, 11) is 0. The van der Waals surface area contributed by atoms with E-state index in [0.717, 1.165) is 23.4 Å². The number of aliphatic hydroxyl groups excluding tert-OH is 1. The first-order valence-electron chi connectivity index (χ1n) is 5.18. The molecular formula is C12H11NO2S. The van der Waals surface area contributed by atoms with Gasteiger partial charge in [-0.15, -0.1) is 11.3 Å². The summed E-state index contributed by atoms with van der Waals surface area (Å²) in [5, 5.41) is 11.2. The highest BCUT2D eigenvalue weighted by Crippen LogP contribution is 2.37. The predicted molar refractivity (Wildman–Crippen MR) is 62.7 cm³/mol. The van der Waals surface area contributed by atoms with Gasteiger partial charge in [-0.25, -0.2) is 0 Å². The predicted octanol–water partition coefficient (Wildman–Crippen LogP) is 2.24. The van der Waals surface area contributed by atoms with Gasteiger partial charge in [0.2, 0.25) is 0 Å². The normalized spacial score (nSPS) is 13.6. The van der Waals surface area contributed by atoms with E-state index in [2.05, 4.69) is 16.4 Å². The van der Waals surface area contributed by atoms with Crippen LogP contribution in [0.2, 0.25) is 0 Å². The molecule has 0 spiro atoms. The van der Waals surface area contributed by atoms with E-state index in [-0.39, 0.29) is 6.61 Å². The Morgan fingerprint density at radius 1 is 1.50 bits per heavy atom. The summed E-state index contributed by atoms with van der Waals surface area (Å²) in [6.45, 7) is 0.675. The minimum Gasteiger partial charge on any atom is -0.491 e. The number of aromatic nitrogens is 1. The number of thiophene rings is 1. The molecule has 0 amide bonds. The average molecular weight is 233 g/mol. The van der Waals surface area contributed by atoms with Crippen LogP contribution in [0.3, 0.4) is 0 Å². The molecule has 0 atom stereocenters. The molecule has 0 bridgehead atoms. The maximum Gasteiger partial charge on any atom is 0.146 e. The second-order valence-corrected chi connectivity index (χ2v) is 4.64. The van der Waals surface area contributed by atoms with Gasteiger partial charge in [0.15, 0.2) is 0 Å². The van der Waals surface area contributed by atoms with Crippen LogP contribution in [0.15, 0.2) is 23.7 Å². The maximum absolute atomic E-state index is 9.07. The van der Waals surface area contributed by atoms with Gasteiger partial charge in [-0.05, 0) is 28.6 Å². The van der Waals surface area contributed by atoms with Crippen molar-refractivity contribution in [3.8, 4) is 16.3 Å². The Hall–Kier alpha value is -1.39. The maximum atomic E-state index is 9.07. The van der Waals surface area contributed by atoms with Gasteiger partial charge in [0.25, 0.3) is 0 Å². The molecule has 3 heterocycles. The molecule has 4 heteroatoms. The molecule has 16 heavy (non-hydrogen) atoms. The van der Waals surface area contributed by atoms with Crippen LogP contribution in [0.1, 0.15) is 11.1 Å². The molecule has 0 unspecified atom stereocenters. The molecule has 3 rings (SSSR count). The first-order chi connectivity index (χ1) is 7.88. The fourth-order valence-electron chi connectivity index (χ4n) is 1.86. The van der Waals surface area contributed by atoms with Crippen molar-refractivity contribution >= 4 is 11.3 Å². The molecule has 1 aliphatic heterocycles. The zero-order chi connectivity index (χ0) is 11.0. The number of aliphatic hydroxyl groups is 1. The van der Waals surface area contributed by atoms with Crippen molar-refractivity contribution < 1.29 is 9.84 Å². The summed E-state index contributed by atoms with van der Waals surface area (Å²) in [5.41, 5.74) is 2.99. The molecule has 3 nitrogen and oxygen atoms in total. The van der Waals surface area contributed by atoms with Crippen LogP contribution >= 0.6 is 11.3 Å². The van der Waals surface area contributed by atoms with Crippen LogP contribution in [-0.2, 0) is 13.0 Å². The largest absolute Gasteiger partial charge is 0.491 e. The standard InChI is InChI=1S/C12H11NO2S/c14-7-8-5-10-11(13-6-8)12-9(1-3-15-10)2-4-16-12/h2,4-6,14H,1,3,7H2. The van der Waals surface area contributed by atoms with Crippen molar-refractivity contribution in [3.05, 3.63) is 34.8 Å². The van der Waals surface area contributed by atoms with Crippen LogP contribution in [0.4, 0.5) is 0 Å². The topological polar surface area (TPSA) is 42.4 Å². The Kier molecular flexibility index (Phi) is 2.38. The first-order valence-corrected chi connectivity index (χ1v) is 6.06. The summed E-state index contributed by atoms with van der Waals surface area (Å²) in [4.78, 5) is 5.58. The van der Waals surface area contributed by atoms with Crippen LogP contribution in [0.5, 0.6) is 5.75 Å². The van der Waals surface area contributed by atoms with E-state index in [0.29, 0.717) is 6.61 Å². The van der Waals surface area contributed by atoms with Crippen LogP contribution in [0, 0.1) is 0 Å². The van der Waals surface area contributed by atoms with E-state index in [1.165, 1.54) is 10.4 Å². The van der Waals surface area contributed by atoms with E-state index < -0.39 is 0 Å². The van der Waals surface area contributed by atoms with E-state index in [9.17, 15) is 0 Å². The Bertz CT molecular complexity index is 521. The van der Waals surface area contributed by atoms with Crippen molar-refractivity contribution in [1.29, 1.82) is 0 Å². The van der Waals surface area contributed by atoms with E-state index in [4.69, 9.17) is 9.84 Å². The van der Waals surface area contributed by atoms with Crippen LogP contribution in [0.25, 0.3) is 10.6 Å². The lowest BCUT2D eigenvalue weighted by atomic mass is 10.1. The number of hydrogen-bond donors (Lipinski definition) is 1. The fraction of sp³-hybridized carbons (Fsp3) is 0.250. The monoisotopic (exact) mass is 233 g/mol. The molecule has 0 saturated carbocycles. The van der Waals surface area contributed by atoms with Gasteiger partial charge in [-0.1, -0.05) is 0 Å². The second kappa shape index (κ2) is 3.88. The van der Waals surface area contributed by atoms with Gasteiger partial charge in [-0.3, -0.25) is 4.98 Å². The number of rotatable bonds is 1. The van der Waals surface area contributed by atoms with Crippen molar-refractivity contribution in [2.75, 3.05) is 6.61 Å². The number of pyridine rings is 1. The third-order valence-corrected chi connectivity index (χ3v) is 3.65. The van der Waals surface area contributed by atoms with E-state index in [1.54, 1.807) is 17.5 Å². The molecule has 1 aliphatic rings. The van der Waals surface area contributed by atoms with Gasteiger partial charge in [0.05, 0.1) is 18.1 Å². The Morgan fingerprint density at radius 2 is 2.44 bits per heavy atom. The Balaban J connectivity index is 2.18. The third-order valence-electron chi connectivity index (χ3n) is 2.68. The molecule has 0 saturated heterocycles. The minimum atomic E-state index is 0.000930. The number of hydrogen-bond acceptors (Lipinski definition) is 4. The van der Waals surface area contributed by atoms with Gasteiger partial charge >= 0.3 is 0 Å². The summed E-state index contributed by atoms with van der Waals surface area (Å²) in [6.07, 6.45) is 2.63. The second-order valence-electron chi connectivity index (χ2n) is 3.72. The number of nitrogens with zero attached hydrogens (tertiary/aromatic N) is 1. The molecular weight excluding hydrogens is 222 g/mol.